The van der Waals surface area contributed by atoms with Crippen molar-refractivity contribution in [3.8, 4) is 11.5 Å². The second-order valence-electron chi connectivity index (χ2n) is 6.72. The molecule has 0 radical (unpaired) electrons. The quantitative estimate of drug-likeness (QED) is 0.459. The van der Waals surface area contributed by atoms with E-state index in [0.717, 1.165) is 24.2 Å². The van der Waals surface area contributed by atoms with E-state index in [4.69, 9.17) is 25.8 Å². The Morgan fingerprint density at radius 2 is 1.86 bits per heavy atom. The van der Waals surface area contributed by atoms with E-state index in [2.05, 4.69) is 23.1 Å². The highest BCUT2D eigenvalue weighted by molar-refractivity contribution is 6.30. The summed E-state index contributed by atoms with van der Waals surface area (Å²) in [6.07, 6.45) is 5.05. The van der Waals surface area contributed by atoms with Crippen LogP contribution in [0, 0.1) is 0 Å². The van der Waals surface area contributed by atoms with Crippen LogP contribution in [0.4, 0.5) is 0 Å². The van der Waals surface area contributed by atoms with Gasteiger partial charge in [0.25, 0.3) is 0 Å². The maximum atomic E-state index is 6.10. The minimum Gasteiger partial charge on any atom is -0.493 e. The fourth-order valence-electron chi connectivity index (χ4n) is 2.94. The highest BCUT2D eigenvalue weighted by atomic mass is 35.5. The van der Waals surface area contributed by atoms with Crippen molar-refractivity contribution in [3.05, 3.63) is 71.3 Å². The molecule has 0 fully saturated rings. The van der Waals surface area contributed by atoms with Gasteiger partial charge in [0, 0.05) is 5.02 Å². The minimum atomic E-state index is -0.215. The summed E-state index contributed by atoms with van der Waals surface area (Å²) >= 11 is 5.95. The van der Waals surface area contributed by atoms with Crippen LogP contribution in [-0.2, 0) is 24.3 Å². The molecule has 1 heterocycles. The Labute approximate surface area is 176 Å². The molecule has 3 rings (SSSR count). The molecule has 2 aromatic carbocycles. The maximum Gasteiger partial charge on any atom is 0.161 e. The van der Waals surface area contributed by atoms with Gasteiger partial charge in [-0.05, 0) is 41.8 Å². The largest absolute Gasteiger partial charge is 0.493 e. The topological polar surface area (TPSA) is 58.4 Å². The molecule has 0 aliphatic rings. The van der Waals surface area contributed by atoms with E-state index in [1.807, 2.05) is 36.4 Å². The van der Waals surface area contributed by atoms with Gasteiger partial charge in [-0.25, -0.2) is 4.98 Å². The molecule has 154 valence electrons. The summed E-state index contributed by atoms with van der Waals surface area (Å²) in [5, 5.41) is 4.87. The molecule has 0 amide bonds. The zero-order valence-corrected chi connectivity index (χ0v) is 17.5. The van der Waals surface area contributed by atoms with E-state index in [0.29, 0.717) is 30.5 Å². The van der Waals surface area contributed by atoms with Gasteiger partial charge in [0.1, 0.15) is 25.4 Å². The fourth-order valence-corrected chi connectivity index (χ4v) is 3.07. The number of hydrogen-bond acceptors (Lipinski definition) is 5. The van der Waals surface area contributed by atoms with E-state index in [-0.39, 0.29) is 6.10 Å². The third-order valence-corrected chi connectivity index (χ3v) is 4.70. The Balaban J connectivity index is 1.65. The predicted molar refractivity (Wildman–Crippen MR) is 113 cm³/mol. The van der Waals surface area contributed by atoms with Gasteiger partial charge < -0.3 is 14.2 Å². The Hall–Kier alpha value is -2.57. The molecule has 1 aromatic heterocycles. The SMILES string of the molecule is CCCc1ccc(OCC(Cn2cncn2)OCc2ccc(Cl)cc2)c(OC)c1. The van der Waals surface area contributed by atoms with Gasteiger partial charge in [0.05, 0.1) is 20.3 Å². The van der Waals surface area contributed by atoms with Crippen molar-refractivity contribution in [1.82, 2.24) is 14.8 Å². The number of halogens is 1. The number of aryl methyl sites for hydroxylation is 1. The first-order valence-corrected chi connectivity index (χ1v) is 10.0. The number of benzene rings is 2. The lowest BCUT2D eigenvalue weighted by atomic mass is 10.1. The van der Waals surface area contributed by atoms with Crippen LogP contribution < -0.4 is 9.47 Å². The Bertz CT molecular complexity index is 870. The van der Waals surface area contributed by atoms with Crippen LogP contribution in [0.25, 0.3) is 0 Å². The molecular weight excluding hydrogens is 390 g/mol. The van der Waals surface area contributed by atoms with Crippen molar-refractivity contribution in [1.29, 1.82) is 0 Å². The lowest BCUT2D eigenvalue weighted by molar-refractivity contribution is -0.00299. The molecule has 7 heteroatoms. The number of methoxy groups -OCH3 is 1. The molecule has 1 atom stereocenters. The molecule has 0 N–H and O–H groups in total. The lowest BCUT2D eigenvalue weighted by Crippen LogP contribution is -2.27. The molecule has 6 nitrogen and oxygen atoms in total. The zero-order valence-electron chi connectivity index (χ0n) is 16.8. The second kappa shape index (κ2) is 10.8. The highest BCUT2D eigenvalue weighted by Gasteiger charge is 2.15. The van der Waals surface area contributed by atoms with Crippen molar-refractivity contribution in [2.24, 2.45) is 0 Å². The summed E-state index contributed by atoms with van der Waals surface area (Å²) in [5.41, 5.74) is 2.27. The van der Waals surface area contributed by atoms with Crippen LogP contribution >= 0.6 is 11.6 Å². The van der Waals surface area contributed by atoms with Gasteiger partial charge in [-0.2, -0.15) is 5.10 Å². The summed E-state index contributed by atoms with van der Waals surface area (Å²) in [6.45, 7) is 3.50. The zero-order chi connectivity index (χ0) is 20.5. The molecule has 3 aromatic rings. The molecule has 0 aliphatic carbocycles. The standard InChI is InChI=1S/C22H26ClN3O3/c1-3-4-17-7-10-21(22(11-17)27-2)29-14-20(12-26-16-24-15-25-26)28-13-18-5-8-19(23)9-6-18/h5-11,15-16,20H,3-4,12-14H2,1-2H3. The molecule has 0 saturated heterocycles. The summed E-state index contributed by atoms with van der Waals surface area (Å²) in [7, 11) is 1.65. The van der Waals surface area contributed by atoms with Gasteiger partial charge in [-0.15, -0.1) is 0 Å². The lowest BCUT2D eigenvalue weighted by Gasteiger charge is -2.20. The average molecular weight is 416 g/mol. The average Bonchev–Trinajstić information content (AvgIpc) is 3.25. The maximum absolute atomic E-state index is 6.10. The summed E-state index contributed by atoms with van der Waals surface area (Å²) in [4.78, 5) is 4.00. The molecule has 1 unspecified atom stereocenters. The van der Waals surface area contributed by atoms with Gasteiger partial charge in [0.15, 0.2) is 11.5 Å². The van der Waals surface area contributed by atoms with Crippen molar-refractivity contribution in [2.75, 3.05) is 13.7 Å². The first-order valence-electron chi connectivity index (χ1n) is 9.66. The first kappa shape index (κ1) is 21.1. The Morgan fingerprint density at radius 3 is 2.55 bits per heavy atom. The molecule has 0 spiro atoms. The minimum absolute atomic E-state index is 0.215. The number of aromatic nitrogens is 3. The number of hydrogen-bond donors (Lipinski definition) is 0. The van der Waals surface area contributed by atoms with Gasteiger partial charge in [0.2, 0.25) is 0 Å². The number of ether oxygens (including phenoxy) is 3. The van der Waals surface area contributed by atoms with Crippen LogP contribution in [0.1, 0.15) is 24.5 Å². The van der Waals surface area contributed by atoms with Crippen LogP contribution in [0.3, 0.4) is 0 Å². The van der Waals surface area contributed by atoms with Crippen molar-refractivity contribution < 1.29 is 14.2 Å². The molecule has 0 saturated carbocycles. The summed E-state index contributed by atoms with van der Waals surface area (Å²) in [5.74, 6) is 1.43. The second-order valence-corrected chi connectivity index (χ2v) is 7.16. The van der Waals surface area contributed by atoms with E-state index in [9.17, 15) is 0 Å². The molecule has 0 aliphatic heterocycles. The molecular formula is C22H26ClN3O3. The van der Waals surface area contributed by atoms with E-state index < -0.39 is 0 Å². The normalized spacial score (nSPS) is 12.0. The Kier molecular flexibility index (Phi) is 7.90. The fraction of sp³-hybridized carbons (Fsp3) is 0.364. The summed E-state index contributed by atoms with van der Waals surface area (Å²) in [6, 6.07) is 13.7. The third-order valence-electron chi connectivity index (χ3n) is 4.45. The van der Waals surface area contributed by atoms with Crippen molar-refractivity contribution >= 4 is 11.6 Å². The van der Waals surface area contributed by atoms with Crippen LogP contribution in [-0.4, -0.2) is 34.6 Å². The van der Waals surface area contributed by atoms with Gasteiger partial charge in [-0.3, -0.25) is 4.68 Å². The Morgan fingerprint density at radius 1 is 1.07 bits per heavy atom. The highest BCUT2D eigenvalue weighted by Crippen LogP contribution is 2.29. The van der Waals surface area contributed by atoms with Crippen LogP contribution in [0.2, 0.25) is 5.02 Å². The van der Waals surface area contributed by atoms with Crippen molar-refractivity contribution in [3.63, 3.8) is 0 Å². The third kappa shape index (κ3) is 6.48. The van der Waals surface area contributed by atoms with Crippen LogP contribution in [0.5, 0.6) is 11.5 Å². The van der Waals surface area contributed by atoms with Gasteiger partial charge >= 0.3 is 0 Å². The molecule has 29 heavy (non-hydrogen) atoms. The monoisotopic (exact) mass is 415 g/mol. The first-order chi connectivity index (χ1) is 14.2. The van der Waals surface area contributed by atoms with Gasteiger partial charge in [-0.1, -0.05) is 43.1 Å². The van der Waals surface area contributed by atoms with Crippen LogP contribution in [0.15, 0.2) is 55.1 Å². The predicted octanol–water partition coefficient (Wildman–Crippen LogP) is 4.56. The number of nitrogens with zero attached hydrogens (tertiary/aromatic N) is 3. The van der Waals surface area contributed by atoms with E-state index in [1.54, 1.807) is 18.1 Å². The molecule has 0 bridgehead atoms. The summed E-state index contributed by atoms with van der Waals surface area (Å²) < 4.78 is 19.4. The smallest absolute Gasteiger partial charge is 0.161 e. The van der Waals surface area contributed by atoms with Crippen molar-refractivity contribution in [2.45, 2.75) is 39.0 Å². The van der Waals surface area contributed by atoms with E-state index >= 15 is 0 Å². The van der Waals surface area contributed by atoms with E-state index in [1.165, 1.54) is 11.9 Å². The number of rotatable bonds is 11.